The monoisotopic (exact) mass is 499 g/mol. The second kappa shape index (κ2) is 8.03. The Morgan fingerprint density at radius 3 is 2.23 bits per heavy atom. The molecule has 1 aliphatic rings. The molecule has 0 bridgehead atoms. The van der Waals surface area contributed by atoms with Gasteiger partial charge in [0.05, 0.1) is 16.4 Å². The molecule has 0 atom stereocenters. The summed E-state index contributed by atoms with van der Waals surface area (Å²) in [4.78, 5) is 36.5. The van der Waals surface area contributed by atoms with Crippen molar-refractivity contribution in [1.29, 1.82) is 0 Å². The molecule has 1 aliphatic heterocycles. The quantitative estimate of drug-likeness (QED) is 0.538. The van der Waals surface area contributed by atoms with Crippen molar-refractivity contribution in [2.75, 3.05) is 18.0 Å². The fraction of sp³-hybridized carbons (Fsp3) is 0.227. The van der Waals surface area contributed by atoms with E-state index in [0.717, 1.165) is 27.8 Å². The molecule has 0 saturated carbocycles. The number of carboxylic acids is 1. The normalized spacial score (nSPS) is 15.1. The molecule has 0 radical (unpaired) electrons. The maximum absolute atomic E-state index is 15.7. The first-order valence-electron chi connectivity index (χ1n) is 9.93. The van der Waals surface area contributed by atoms with Gasteiger partial charge in [-0.15, -0.1) is 0 Å². The minimum absolute atomic E-state index is 0.0567. The van der Waals surface area contributed by atoms with Crippen LogP contribution in [-0.4, -0.2) is 46.4 Å². The molecule has 0 spiro atoms. The number of carboxylic acid groups (broad SMARTS) is 1. The highest BCUT2D eigenvalue weighted by Gasteiger charge is 2.48. The van der Waals surface area contributed by atoms with E-state index in [9.17, 15) is 41.4 Å². The number of alkyl halides is 3. The third-order valence-corrected chi connectivity index (χ3v) is 5.56. The van der Waals surface area contributed by atoms with Gasteiger partial charge in [-0.05, 0) is 37.3 Å². The molecule has 13 heteroatoms. The van der Waals surface area contributed by atoms with Crippen molar-refractivity contribution >= 4 is 28.5 Å². The Kier molecular flexibility index (Phi) is 5.53. The number of benzene rings is 2. The van der Waals surface area contributed by atoms with Crippen LogP contribution in [0.1, 0.15) is 17.3 Å². The van der Waals surface area contributed by atoms with Crippen LogP contribution in [0.2, 0.25) is 0 Å². The Labute approximate surface area is 192 Å². The van der Waals surface area contributed by atoms with Gasteiger partial charge in [-0.2, -0.15) is 13.2 Å². The summed E-state index contributed by atoms with van der Waals surface area (Å²) in [6.45, 7) is 0.488. The second-order valence-corrected chi connectivity index (χ2v) is 8.31. The SMILES string of the molecule is CC1(NC(=O)C(F)(F)F)CN(c2c(F)cc3c(=O)c(C(=O)O)cn(-c4ccc(F)cc4)c3c2F)C1. The van der Waals surface area contributed by atoms with Gasteiger partial charge in [0.15, 0.2) is 5.82 Å². The molecule has 7 nitrogen and oxygen atoms in total. The molecular formula is C22H15F6N3O4. The van der Waals surface area contributed by atoms with E-state index in [2.05, 4.69) is 0 Å². The van der Waals surface area contributed by atoms with Gasteiger partial charge in [-0.3, -0.25) is 9.59 Å². The fourth-order valence-electron chi connectivity index (χ4n) is 4.03. The third-order valence-electron chi connectivity index (χ3n) is 5.56. The van der Waals surface area contributed by atoms with Crippen molar-refractivity contribution < 1.29 is 41.0 Å². The Hall–Kier alpha value is -4.03. The molecule has 0 aliphatic carbocycles. The summed E-state index contributed by atoms with van der Waals surface area (Å²) >= 11 is 0. The zero-order chi connectivity index (χ0) is 25.9. The van der Waals surface area contributed by atoms with E-state index >= 15 is 4.39 Å². The number of fused-ring (bicyclic) bond motifs is 1. The van der Waals surface area contributed by atoms with E-state index in [-0.39, 0.29) is 18.8 Å². The number of anilines is 1. The lowest BCUT2D eigenvalue weighted by Gasteiger charge is -2.49. The standard InChI is InChI=1S/C22H15F6N3O4/c1-21(29-20(35)22(26,27)28)8-30(9-21)17-14(24)6-12-16(15(17)25)31(7-13(18(12)32)19(33)34)11-4-2-10(23)3-5-11/h2-7H,8-9H2,1H3,(H,29,35)(H,33,34). The van der Waals surface area contributed by atoms with E-state index in [1.165, 1.54) is 19.1 Å². The van der Waals surface area contributed by atoms with Gasteiger partial charge in [0.2, 0.25) is 5.43 Å². The molecule has 1 aromatic heterocycles. The lowest BCUT2D eigenvalue weighted by molar-refractivity contribution is -0.175. The lowest BCUT2D eigenvalue weighted by atomic mass is 9.90. The Bertz CT molecular complexity index is 1430. The van der Waals surface area contributed by atoms with Crippen LogP contribution in [0.25, 0.3) is 16.6 Å². The summed E-state index contributed by atoms with van der Waals surface area (Å²) < 4.78 is 82.7. The molecule has 2 aromatic carbocycles. The molecule has 2 N–H and O–H groups in total. The number of rotatable bonds is 4. The molecule has 184 valence electrons. The number of halogens is 6. The zero-order valence-electron chi connectivity index (χ0n) is 17.7. The van der Waals surface area contributed by atoms with Crippen LogP contribution >= 0.6 is 0 Å². The van der Waals surface area contributed by atoms with Crippen molar-refractivity contribution in [3.8, 4) is 5.69 Å². The van der Waals surface area contributed by atoms with Crippen molar-refractivity contribution in [2.24, 2.45) is 0 Å². The maximum Gasteiger partial charge on any atom is 0.471 e. The van der Waals surface area contributed by atoms with Crippen LogP contribution in [0.5, 0.6) is 0 Å². The number of carbonyl (C=O) groups excluding carboxylic acids is 1. The second-order valence-electron chi connectivity index (χ2n) is 8.31. The zero-order valence-corrected chi connectivity index (χ0v) is 17.7. The first-order chi connectivity index (χ1) is 16.2. The smallest absolute Gasteiger partial charge is 0.471 e. The molecular weight excluding hydrogens is 484 g/mol. The van der Waals surface area contributed by atoms with Crippen LogP contribution in [-0.2, 0) is 4.79 Å². The molecule has 1 amide bonds. The van der Waals surface area contributed by atoms with Crippen molar-refractivity contribution in [3.63, 3.8) is 0 Å². The van der Waals surface area contributed by atoms with E-state index in [1.807, 2.05) is 0 Å². The minimum Gasteiger partial charge on any atom is -0.477 e. The molecule has 35 heavy (non-hydrogen) atoms. The highest BCUT2D eigenvalue weighted by molar-refractivity contribution is 5.94. The fourth-order valence-corrected chi connectivity index (χ4v) is 4.03. The minimum atomic E-state index is -5.14. The van der Waals surface area contributed by atoms with Crippen LogP contribution in [0.3, 0.4) is 0 Å². The summed E-state index contributed by atoms with van der Waals surface area (Å²) in [5, 5.41) is 10.5. The molecule has 1 saturated heterocycles. The predicted molar refractivity (Wildman–Crippen MR) is 111 cm³/mol. The largest absolute Gasteiger partial charge is 0.477 e. The molecule has 0 unspecified atom stereocenters. The summed E-state index contributed by atoms with van der Waals surface area (Å²) in [6.07, 6.45) is -4.33. The lowest BCUT2D eigenvalue weighted by Crippen LogP contribution is -2.70. The van der Waals surface area contributed by atoms with Gasteiger partial charge < -0.3 is 19.9 Å². The van der Waals surface area contributed by atoms with Gasteiger partial charge in [0.1, 0.15) is 22.9 Å². The Balaban J connectivity index is 1.85. The van der Waals surface area contributed by atoms with Gasteiger partial charge in [-0.1, -0.05) is 0 Å². The first-order valence-corrected chi connectivity index (χ1v) is 9.93. The maximum atomic E-state index is 15.7. The van der Waals surface area contributed by atoms with Crippen molar-refractivity contribution in [3.05, 3.63) is 69.8 Å². The van der Waals surface area contributed by atoms with E-state index < -0.39 is 68.6 Å². The summed E-state index contributed by atoms with van der Waals surface area (Å²) in [6, 6.07) is 5.01. The summed E-state index contributed by atoms with van der Waals surface area (Å²) in [5.74, 6) is -7.06. The summed E-state index contributed by atoms with van der Waals surface area (Å²) in [7, 11) is 0. The van der Waals surface area contributed by atoms with Crippen LogP contribution < -0.4 is 15.6 Å². The number of aromatic nitrogens is 1. The van der Waals surface area contributed by atoms with E-state index in [4.69, 9.17) is 0 Å². The van der Waals surface area contributed by atoms with E-state index in [0.29, 0.717) is 6.07 Å². The first kappa shape index (κ1) is 24.1. The van der Waals surface area contributed by atoms with Crippen LogP contribution in [0.4, 0.5) is 32.0 Å². The van der Waals surface area contributed by atoms with Gasteiger partial charge in [-0.25, -0.2) is 18.0 Å². The van der Waals surface area contributed by atoms with Gasteiger partial charge in [0, 0.05) is 25.0 Å². The average molecular weight is 499 g/mol. The van der Waals surface area contributed by atoms with Crippen molar-refractivity contribution in [1.82, 2.24) is 9.88 Å². The number of nitrogens with one attached hydrogen (secondary N) is 1. The van der Waals surface area contributed by atoms with Gasteiger partial charge >= 0.3 is 18.1 Å². The number of aromatic carboxylic acids is 1. The number of amides is 1. The average Bonchev–Trinajstić information content (AvgIpc) is 2.73. The van der Waals surface area contributed by atoms with Crippen LogP contribution in [0, 0.1) is 17.5 Å². The molecule has 3 aromatic rings. The number of pyridine rings is 1. The third kappa shape index (κ3) is 4.17. The predicted octanol–water partition coefficient (Wildman–Crippen LogP) is 3.36. The van der Waals surface area contributed by atoms with E-state index in [1.54, 1.807) is 5.32 Å². The molecule has 2 heterocycles. The number of carbonyl (C=O) groups is 2. The highest BCUT2D eigenvalue weighted by atomic mass is 19.4. The number of hydrogen-bond donors (Lipinski definition) is 2. The highest BCUT2D eigenvalue weighted by Crippen LogP contribution is 2.36. The van der Waals surface area contributed by atoms with Crippen molar-refractivity contribution in [2.45, 2.75) is 18.6 Å². The Morgan fingerprint density at radius 2 is 1.69 bits per heavy atom. The number of hydrogen-bond acceptors (Lipinski definition) is 4. The molecule has 1 fully saturated rings. The van der Waals surface area contributed by atoms with Gasteiger partial charge in [0.25, 0.3) is 0 Å². The molecule has 4 rings (SSSR count). The summed E-state index contributed by atoms with van der Waals surface area (Å²) in [5.41, 5.74) is -4.54. The Morgan fingerprint density at radius 1 is 1.09 bits per heavy atom. The topological polar surface area (TPSA) is 91.6 Å². The number of nitrogens with zero attached hydrogens (tertiary/aromatic N) is 2. The van der Waals surface area contributed by atoms with Crippen LogP contribution in [0.15, 0.2) is 41.3 Å².